The maximum atomic E-state index is 2.84. The SMILES string of the molecule is Cc1cc(C(C)(C)C)ccc1N1c2cc(N3c4ccc(C(C)(C)C)cc4C4(C)CCCCCC34C)ccc2B2c3cc4c(cc3N(c3ccc(C(C)(C)C)cc3-c3ccccc3)c3cc(C(C)(C)C)cc1c32)C(C)(C)CCC4(C)C. The lowest BCUT2D eigenvalue weighted by molar-refractivity contribution is 0.261. The molecule has 1 fully saturated rings. The summed E-state index contributed by atoms with van der Waals surface area (Å²) in [5.74, 6) is 0. The maximum absolute atomic E-state index is 2.84. The van der Waals surface area contributed by atoms with E-state index in [-0.39, 0.29) is 50.2 Å². The molecule has 7 aromatic carbocycles. The van der Waals surface area contributed by atoms with Crippen LogP contribution < -0.4 is 31.1 Å². The Balaban J connectivity index is 1.21. The molecule has 0 aromatic heterocycles. The predicted molar refractivity (Wildman–Crippen MR) is 348 cm³/mol. The normalized spacial score (nSPS) is 21.0. The highest BCUT2D eigenvalue weighted by atomic mass is 15.3. The zero-order valence-electron chi connectivity index (χ0n) is 52.5. The molecule has 0 saturated heterocycles. The first-order valence-corrected chi connectivity index (χ1v) is 30.7. The molecule has 80 heavy (non-hydrogen) atoms. The molecule has 2 atom stereocenters. The monoisotopic (exact) mass is 1060 g/mol. The van der Waals surface area contributed by atoms with Gasteiger partial charge in [-0.05, 0) is 193 Å². The predicted octanol–water partition coefficient (Wildman–Crippen LogP) is 19.4. The molecule has 3 aliphatic heterocycles. The largest absolute Gasteiger partial charge is 0.334 e. The van der Waals surface area contributed by atoms with Gasteiger partial charge in [0, 0.05) is 50.8 Å². The summed E-state index contributed by atoms with van der Waals surface area (Å²) in [6.45, 7) is 46.1. The van der Waals surface area contributed by atoms with E-state index in [4.69, 9.17) is 0 Å². The number of rotatable bonds is 4. The fourth-order valence-corrected chi connectivity index (χ4v) is 15.3. The Bertz CT molecular complexity index is 3640. The average Bonchev–Trinajstić information content (AvgIpc) is 3.65. The van der Waals surface area contributed by atoms with E-state index >= 15 is 0 Å². The lowest BCUT2D eigenvalue weighted by Gasteiger charge is -2.49. The Morgan fingerprint density at radius 3 is 1.52 bits per heavy atom. The van der Waals surface area contributed by atoms with Crippen molar-refractivity contribution >= 4 is 68.6 Å². The summed E-state index contributed by atoms with van der Waals surface area (Å²) in [5, 5.41) is 0. The van der Waals surface area contributed by atoms with Crippen LogP contribution in [0.25, 0.3) is 11.1 Å². The Morgan fingerprint density at radius 1 is 0.400 bits per heavy atom. The van der Waals surface area contributed by atoms with Crippen molar-refractivity contribution in [3.8, 4) is 11.1 Å². The second-order valence-electron chi connectivity index (χ2n) is 31.3. The van der Waals surface area contributed by atoms with Crippen molar-refractivity contribution in [1.29, 1.82) is 0 Å². The molecular formula is C76H92BN3. The van der Waals surface area contributed by atoms with E-state index in [0.29, 0.717) is 0 Å². The summed E-state index contributed by atoms with van der Waals surface area (Å²) in [4.78, 5) is 8.31. The second-order valence-corrected chi connectivity index (χ2v) is 31.3. The number of nitrogens with zero attached hydrogens (tertiary/aromatic N) is 3. The number of hydrogen-bond donors (Lipinski definition) is 0. The highest BCUT2D eigenvalue weighted by molar-refractivity contribution is 7.00. The van der Waals surface area contributed by atoms with E-state index in [2.05, 4.69) is 274 Å². The van der Waals surface area contributed by atoms with Gasteiger partial charge in [0.1, 0.15) is 0 Å². The van der Waals surface area contributed by atoms with Gasteiger partial charge >= 0.3 is 0 Å². The van der Waals surface area contributed by atoms with E-state index < -0.39 is 0 Å². The molecule has 2 aliphatic carbocycles. The van der Waals surface area contributed by atoms with Gasteiger partial charge in [-0.1, -0.05) is 210 Å². The first-order chi connectivity index (χ1) is 37.3. The van der Waals surface area contributed by atoms with E-state index in [9.17, 15) is 0 Å². The Kier molecular flexibility index (Phi) is 12.3. The minimum atomic E-state index is -0.157. The molecule has 3 nitrogen and oxygen atoms in total. The molecule has 4 heteroatoms. The third-order valence-electron chi connectivity index (χ3n) is 20.9. The summed E-state index contributed by atoms with van der Waals surface area (Å²) >= 11 is 0. The number of fused-ring (bicyclic) bond motifs is 8. The van der Waals surface area contributed by atoms with Crippen LogP contribution in [0.2, 0.25) is 0 Å². The van der Waals surface area contributed by atoms with E-state index in [1.54, 1.807) is 0 Å². The van der Waals surface area contributed by atoms with E-state index in [1.807, 2.05) is 0 Å². The van der Waals surface area contributed by atoms with Gasteiger partial charge in [0.25, 0.3) is 6.71 Å². The van der Waals surface area contributed by atoms with Crippen LogP contribution in [0.5, 0.6) is 0 Å². The van der Waals surface area contributed by atoms with Gasteiger partial charge in [-0.3, -0.25) is 0 Å². The van der Waals surface area contributed by atoms with Crippen LogP contribution in [0.4, 0.5) is 45.5 Å². The molecule has 5 aliphatic rings. The number of hydrogen-bond acceptors (Lipinski definition) is 3. The van der Waals surface area contributed by atoms with Gasteiger partial charge in [-0.15, -0.1) is 0 Å². The highest BCUT2D eigenvalue weighted by Gasteiger charge is 2.57. The standard InChI is InChI=1S/C76H92BN3/c1-48-40-50(69(2,3)4)28-33-61(48)78-64-45-54(80-63-35-30-52(71(8,9)10)42-58(63)75(18)36-24-21-25-37-76(75,80)19)31-32-59(64)77-60-46-56-57(74(16,17)39-38-73(56,14)15)47-65(60)79(67-44-53(72(11,12)13)43-66(78)68(67)77)62-34-29-51(70(5,6)7)41-55(62)49-26-22-20-23-27-49/h20,22-23,26-35,40-47H,21,24-25,36-39H2,1-19H3. The maximum Gasteiger partial charge on any atom is 0.252 e. The van der Waals surface area contributed by atoms with Crippen LogP contribution in [0.3, 0.4) is 0 Å². The molecule has 414 valence electrons. The van der Waals surface area contributed by atoms with Gasteiger partial charge in [0.05, 0.1) is 11.2 Å². The summed E-state index contributed by atoms with van der Waals surface area (Å²) < 4.78 is 0. The number of aryl methyl sites for hydroxylation is 1. The van der Waals surface area contributed by atoms with Crippen molar-refractivity contribution in [2.75, 3.05) is 14.7 Å². The van der Waals surface area contributed by atoms with Gasteiger partial charge in [0.15, 0.2) is 0 Å². The number of benzene rings is 7. The molecule has 3 heterocycles. The second kappa shape index (κ2) is 18.0. The summed E-state index contributed by atoms with van der Waals surface area (Å²) in [6, 6.07) is 51.9. The molecular weight excluding hydrogens is 966 g/mol. The summed E-state index contributed by atoms with van der Waals surface area (Å²) in [5.41, 5.74) is 28.1. The van der Waals surface area contributed by atoms with Crippen molar-refractivity contribution in [2.24, 2.45) is 0 Å². The summed E-state index contributed by atoms with van der Waals surface area (Å²) in [7, 11) is 0. The van der Waals surface area contributed by atoms with E-state index in [1.165, 1.54) is 143 Å². The first-order valence-electron chi connectivity index (χ1n) is 30.7. The Morgan fingerprint density at radius 2 is 0.925 bits per heavy atom. The average molecular weight is 1060 g/mol. The van der Waals surface area contributed by atoms with Crippen LogP contribution in [0, 0.1) is 6.92 Å². The lowest BCUT2D eigenvalue weighted by Crippen LogP contribution is -2.62. The molecule has 1 saturated carbocycles. The summed E-state index contributed by atoms with van der Waals surface area (Å²) in [6.07, 6.45) is 8.45. The third kappa shape index (κ3) is 8.39. The Hall–Kier alpha value is -6.00. The molecule has 2 unspecified atom stereocenters. The van der Waals surface area contributed by atoms with Crippen LogP contribution in [0.1, 0.15) is 214 Å². The van der Waals surface area contributed by atoms with E-state index in [0.717, 1.165) is 19.3 Å². The van der Waals surface area contributed by atoms with Gasteiger partial charge < -0.3 is 14.7 Å². The van der Waals surface area contributed by atoms with Gasteiger partial charge in [0.2, 0.25) is 0 Å². The number of anilines is 8. The molecule has 0 bridgehead atoms. The smallest absolute Gasteiger partial charge is 0.252 e. The van der Waals surface area contributed by atoms with Crippen LogP contribution in [0.15, 0.2) is 127 Å². The van der Waals surface area contributed by atoms with Crippen molar-refractivity contribution in [3.63, 3.8) is 0 Å². The molecule has 12 rings (SSSR count). The third-order valence-corrected chi connectivity index (χ3v) is 20.9. The molecule has 0 radical (unpaired) electrons. The van der Waals surface area contributed by atoms with Crippen molar-refractivity contribution in [3.05, 3.63) is 172 Å². The van der Waals surface area contributed by atoms with Crippen LogP contribution >= 0.6 is 0 Å². The minimum absolute atomic E-state index is 0.00665. The zero-order valence-corrected chi connectivity index (χ0v) is 52.5. The van der Waals surface area contributed by atoms with Gasteiger partial charge in [-0.2, -0.15) is 0 Å². The minimum Gasteiger partial charge on any atom is -0.334 e. The topological polar surface area (TPSA) is 9.72 Å². The van der Waals surface area contributed by atoms with Crippen molar-refractivity contribution in [1.82, 2.24) is 0 Å². The quantitative estimate of drug-likeness (QED) is 0.163. The molecule has 0 amide bonds. The fraction of sp³-hybridized carbons (Fsp3) is 0.447. The Labute approximate surface area is 483 Å². The van der Waals surface area contributed by atoms with Crippen LogP contribution in [-0.4, -0.2) is 12.3 Å². The highest BCUT2D eigenvalue weighted by Crippen LogP contribution is 2.61. The zero-order chi connectivity index (χ0) is 57.2. The van der Waals surface area contributed by atoms with Crippen molar-refractivity contribution < 1.29 is 0 Å². The lowest BCUT2D eigenvalue weighted by atomic mass is 9.33. The first kappa shape index (κ1) is 54.6. The van der Waals surface area contributed by atoms with Crippen LogP contribution in [-0.2, 0) is 37.9 Å². The van der Waals surface area contributed by atoms with Crippen molar-refractivity contribution in [2.45, 2.75) is 220 Å². The molecule has 0 spiro atoms. The molecule has 7 aromatic rings. The molecule has 0 N–H and O–H groups in total. The van der Waals surface area contributed by atoms with Gasteiger partial charge in [-0.25, -0.2) is 0 Å². The fourth-order valence-electron chi connectivity index (χ4n) is 15.3.